The Balaban J connectivity index is 0. The number of hydroxylamine groups is 2. The number of hydrogen-bond acceptors (Lipinski definition) is 3. The maximum atomic E-state index is 7.89. The van der Waals surface area contributed by atoms with Gasteiger partial charge in [-0.2, -0.15) is 16.8 Å². The van der Waals surface area contributed by atoms with Crippen LogP contribution in [-0.2, 0) is 0 Å². The molecule has 0 aromatic heterocycles. The van der Waals surface area contributed by atoms with E-state index in [1.165, 1.54) is 12.2 Å². The molecule has 0 spiro atoms. The van der Waals surface area contributed by atoms with Gasteiger partial charge in [0.15, 0.2) is 0 Å². The maximum absolute atomic E-state index is 7.89. The van der Waals surface area contributed by atoms with Crippen LogP contribution in [-0.4, -0.2) is 36.4 Å². The van der Waals surface area contributed by atoms with Gasteiger partial charge in [-0.25, -0.2) is 0 Å². The summed E-state index contributed by atoms with van der Waals surface area (Å²) in [4.78, 5) is 0. The average molecular weight is 151 g/mol. The van der Waals surface area contributed by atoms with Crippen molar-refractivity contribution in [2.75, 3.05) is 26.1 Å². The van der Waals surface area contributed by atoms with Gasteiger partial charge in [0, 0.05) is 14.1 Å². The average Bonchev–Trinajstić information content (AvgIpc) is 1.66. The summed E-state index contributed by atoms with van der Waals surface area (Å²) >= 11 is 1.90. The largest absolute Gasteiger partial charge is 0.315 e. The van der Waals surface area contributed by atoms with Crippen LogP contribution in [0.5, 0.6) is 0 Å². The van der Waals surface area contributed by atoms with Crippen LogP contribution in [0, 0.1) is 0 Å². The Hall–Kier alpha value is 0.270. The molecule has 0 rings (SSSR count). The summed E-state index contributed by atoms with van der Waals surface area (Å²) in [5.74, 6) is 1.31. The highest BCUT2D eigenvalue weighted by Crippen LogP contribution is 1.91. The van der Waals surface area contributed by atoms with Gasteiger partial charge in [0.25, 0.3) is 0 Å². The fourth-order valence-corrected chi connectivity index (χ4v) is 0.612. The predicted molar refractivity (Wildman–Crippen MR) is 44.1 cm³/mol. The number of nitrogens with zero attached hydrogens (tertiary/aromatic N) is 1. The minimum absolute atomic E-state index is 1.00. The van der Waals surface area contributed by atoms with Crippen LogP contribution in [0.25, 0.3) is 0 Å². The molecule has 2 nitrogen and oxygen atoms in total. The molecule has 0 aliphatic heterocycles. The van der Waals surface area contributed by atoms with E-state index in [-0.39, 0.29) is 0 Å². The Bertz CT molecular complexity index is 37.3. The topological polar surface area (TPSA) is 23.5 Å². The van der Waals surface area contributed by atoms with E-state index < -0.39 is 0 Å². The summed E-state index contributed by atoms with van der Waals surface area (Å²) in [6, 6.07) is 0. The SMILES string of the molecule is CCCSC.CN(C)O. The quantitative estimate of drug-likeness (QED) is 0.608. The lowest BCUT2D eigenvalue weighted by Gasteiger charge is -1.89. The second kappa shape index (κ2) is 11.1. The van der Waals surface area contributed by atoms with Crippen LogP contribution in [0.15, 0.2) is 0 Å². The molecule has 0 radical (unpaired) electrons. The fraction of sp³-hybridized carbons (Fsp3) is 1.00. The first-order chi connectivity index (χ1) is 4.15. The van der Waals surface area contributed by atoms with E-state index >= 15 is 0 Å². The summed E-state index contributed by atoms with van der Waals surface area (Å²) in [5, 5.41) is 8.89. The standard InChI is InChI=1S/C4H10S.C2H7NO/c1-3-4-5-2;1-3(2)4/h3-4H2,1-2H3;4H,1-2H3. The molecule has 0 bridgehead atoms. The molecule has 0 saturated carbocycles. The first kappa shape index (κ1) is 12.0. The van der Waals surface area contributed by atoms with Gasteiger partial charge in [0.2, 0.25) is 0 Å². The Morgan fingerprint density at radius 1 is 1.44 bits per heavy atom. The molecule has 0 fully saturated rings. The van der Waals surface area contributed by atoms with Crippen molar-refractivity contribution in [3.05, 3.63) is 0 Å². The van der Waals surface area contributed by atoms with Gasteiger partial charge in [-0.05, 0) is 18.4 Å². The predicted octanol–water partition coefficient (Wildman–Crippen LogP) is 1.70. The molecule has 1 N–H and O–H groups in total. The van der Waals surface area contributed by atoms with E-state index in [0.29, 0.717) is 0 Å². The van der Waals surface area contributed by atoms with Gasteiger partial charge in [-0.3, -0.25) is 0 Å². The number of hydrogen-bond donors (Lipinski definition) is 1. The number of rotatable bonds is 2. The molecule has 0 heterocycles. The molecule has 0 aliphatic carbocycles. The smallest absolute Gasteiger partial charge is 0.0121 e. The second-order valence-electron chi connectivity index (χ2n) is 1.84. The molecule has 0 saturated heterocycles. The third-order valence-electron chi connectivity index (χ3n) is 0.408. The van der Waals surface area contributed by atoms with Gasteiger partial charge in [-0.15, -0.1) is 0 Å². The van der Waals surface area contributed by atoms with Gasteiger partial charge in [0.05, 0.1) is 0 Å². The van der Waals surface area contributed by atoms with Gasteiger partial charge in [0.1, 0.15) is 0 Å². The number of thioether (sulfide) groups is 1. The molecule has 0 unspecified atom stereocenters. The highest BCUT2D eigenvalue weighted by molar-refractivity contribution is 7.98. The highest BCUT2D eigenvalue weighted by Gasteiger charge is 1.67. The Labute approximate surface area is 62.2 Å². The fourth-order valence-electron chi connectivity index (χ4n) is 0.204. The third kappa shape index (κ3) is 63.1. The monoisotopic (exact) mass is 151 g/mol. The van der Waals surface area contributed by atoms with Gasteiger partial charge < -0.3 is 5.21 Å². The molecule has 0 aliphatic rings. The Morgan fingerprint density at radius 2 is 1.78 bits per heavy atom. The zero-order valence-corrected chi connectivity index (χ0v) is 7.53. The van der Waals surface area contributed by atoms with Crippen LogP contribution in [0.1, 0.15) is 13.3 Å². The second-order valence-corrected chi connectivity index (χ2v) is 2.83. The van der Waals surface area contributed by atoms with E-state index in [0.717, 1.165) is 5.06 Å². The summed E-state index contributed by atoms with van der Waals surface area (Å²) in [6.45, 7) is 2.19. The molecule has 0 amide bonds. The minimum Gasteiger partial charge on any atom is -0.315 e. The first-order valence-electron chi connectivity index (χ1n) is 3.00. The van der Waals surface area contributed by atoms with Gasteiger partial charge in [-0.1, -0.05) is 6.92 Å². The molecule has 0 atom stereocenters. The van der Waals surface area contributed by atoms with Crippen LogP contribution >= 0.6 is 11.8 Å². The van der Waals surface area contributed by atoms with Crippen molar-refractivity contribution in [1.82, 2.24) is 5.06 Å². The van der Waals surface area contributed by atoms with Crippen LogP contribution in [0.4, 0.5) is 0 Å². The molecule has 0 aromatic rings. The lowest BCUT2D eigenvalue weighted by atomic mass is 10.6. The van der Waals surface area contributed by atoms with Crippen LogP contribution < -0.4 is 0 Å². The first-order valence-corrected chi connectivity index (χ1v) is 4.39. The third-order valence-corrected chi connectivity index (χ3v) is 1.22. The van der Waals surface area contributed by atoms with Crippen molar-refractivity contribution in [3.63, 3.8) is 0 Å². The van der Waals surface area contributed by atoms with Crippen LogP contribution in [0.3, 0.4) is 0 Å². The zero-order valence-electron chi connectivity index (χ0n) is 6.72. The summed E-state index contributed by atoms with van der Waals surface area (Å²) < 4.78 is 0. The minimum atomic E-state index is 1.00. The molecule has 58 valence electrons. The zero-order chi connectivity index (χ0) is 7.70. The van der Waals surface area contributed by atoms with Crippen molar-refractivity contribution in [2.24, 2.45) is 0 Å². The molecular weight excluding hydrogens is 134 g/mol. The summed E-state index contributed by atoms with van der Waals surface area (Å²) in [7, 11) is 3.11. The van der Waals surface area contributed by atoms with Crippen LogP contribution in [0.2, 0.25) is 0 Å². The molecular formula is C6H17NOS. The maximum Gasteiger partial charge on any atom is 0.0121 e. The Morgan fingerprint density at radius 3 is 1.78 bits per heavy atom. The molecule has 3 heteroatoms. The normalized spacial score (nSPS) is 8.67. The lowest BCUT2D eigenvalue weighted by molar-refractivity contribution is -0.0372. The summed E-state index contributed by atoms with van der Waals surface area (Å²) in [6.07, 6.45) is 3.44. The van der Waals surface area contributed by atoms with Crippen molar-refractivity contribution >= 4 is 11.8 Å². The van der Waals surface area contributed by atoms with E-state index in [1.807, 2.05) is 11.8 Å². The van der Waals surface area contributed by atoms with E-state index in [1.54, 1.807) is 14.1 Å². The lowest BCUT2D eigenvalue weighted by Crippen LogP contribution is -2.01. The Kier molecular flexibility index (Phi) is 14.8. The van der Waals surface area contributed by atoms with Crippen molar-refractivity contribution in [2.45, 2.75) is 13.3 Å². The van der Waals surface area contributed by atoms with Crippen molar-refractivity contribution in [3.8, 4) is 0 Å². The summed E-state index contributed by atoms with van der Waals surface area (Å²) in [5.41, 5.74) is 0. The molecule has 9 heavy (non-hydrogen) atoms. The molecule has 0 aromatic carbocycles. The van der Waals surface area contributed by atoms with Crippen molar-refractivity contribution < 1.29 is 5.21 Å². The van der Waals surface area contributed by atoms with E-state index in [4.69, 9.17) is 5.21 Å². The van der Waals surface area contributed by atoms with Gasteiger partial charge >= 0.3 is 0 Å². The van der Waals surface area contributed by atoms with E-state index in [2.05, 4.69) is 13.2 Å². The van der Waals surface area contributed by atoms with Crippen molar-refractivity contribution in [1.29, 1.82) is 0 Å². The highest BCUT2D eigenvalue weighted by atomic mass is 32.2. The van der Waals surface area contributed by atoms with E-state index in [9.17, 15) is 0 Å².